The monoisotopic (exact) mass is 314 g/mol. The molecule has 0 unspecified atom stereocenters. The summed E-state index contributed by atoms with van der Waals surface area (Å²) in [4.78, 5) is 22.9. The molecule has 0 spiro atoms. The Hall–Kier alpha value is -1.99. The standard InChI is InChI=1S/C13H19ClN4O3/c1-21-5-4-17-11(19)2-3-18-12-9(13(16)20)6-8(15)7-10(12)14/h6-7,18H,2-5,15H2,1H3,(H2,16,20)(H,17,19). The van der Waals surface area contributed by atoms with Gasteiger partial charge in [-0.05, 0) is 12.1 Å². The zero-order chi connectivity index (χ0) is 15.8. The molecule has 21 heavy (non-hydrogen) atoms. The molecule has 1 aromatic rings. The van der Waals surface area contributed by atoms with Gasteiger partial charge in [0, 0.05) is 32.3 Å². The van der Waals surface area contributed by atoms with Crippen LogP contribution in [-0.4, -0.2) is 38.6 Å². The van der Waals surface area contributed by atoms with E-state index >= 15 is 0 Å². The summed E-state index contributed by atoms with van der Waals surface area (Å²) in [6.07, 6.45) is 0.225. The van der Waals surface area contributed by atoms with Crippen molar-refractivity contribution in [3.8, 4) is 0 Å². The van der Waals surface area contributed by atoms with Crippen molar-refractivity contribution < 1.29 is 14.3 Å². The lowest BCUT2D eigenvalue weighted by Crippen LogP contribution is -2.28. The summed E-state index contributed by atoms with van der Waals surface area (Å²) in [6.45, 7) is 1.21. The smallest absolute Gasteiger partial charge is 0.250 e. The maximum atomic E-state index is 11.5. The zero-order valence-electron chi connectivity index (χ0n) is 11.7. The van der Waals surface area contributed by atoms with Crippen molar-refractivity contribution >= 4 is 34.8 Å². The topological polar surface area (TPSA) is 119 Å². The van der Waals surface area contributed by atoms with E-state index in [0.29, 0.717) is 31.1 Å². The van der Waals surface area contributed by atoms with Gasteiger partial charge in [0.2, 0.25) is 5.91 Å². The highest BCUT2D eigenvalue weighted by molar-refractivity contribution is 6.34. The third-order valence-electron chi connectivity index (χ3n) is 2.66. The molecule has 0 fully saturated rings. The number of benzene rings is 1. The normalized spacial score (nSPS) is 10.2. The number of primary amides is 1. The first kappa shape index (κ1) is 17.1. The summed E-state index contributed by atoms with van der Waals surface area (Å²) < 4.78 is 4.82. The number of ether oxygens (including phenoxy) is 1. The van der Waals surface area contributed by atoms with Gasteiger partial charge in [-0.1, -0.05) is 11.6 Å². The molecular weight excluding hydrogens is 296 g/mol. The molecular formula is C13H19ClN4O3. The van der Waals surface area contributed by atoms with Crippen LogP contribution >= 0.6 is 11.6 Å². The lowest BCUT2D eigenvalue weighted by atomic mass is 10.1. The van der Waals surface area contributed by atoms with Crippen LogP contribution < -0.4 is 22.1 Å². The summed E-state index contributed by atoms with van der Waals surface area (Å²) in [5.41, 5.74) is 11.8. The number of nitrogen functional groups attached to an aromatic ring is 1. The average Bonchev–Trinajstić information content (AvgIpc) is 2.40. The van der Waals surface area contributed by atoms with Crippen LogP contribution in [0, 0.1) is 0 Å². The summed E-state index contributed by atoms with van der Waals surface area (Å²) >= 11 is 6.03. The third-order valence-corrected chi connectivity index (χ3v) is 2.96. The first-order chi connectivity index (χ1) is 9.95. The fourth-order valence-corrected chi connectivity index (χ4v) is 1.98. The number of carbonyl (C=O) groups excluding carboxylic acids is 2. The van der Waals surface area contributed by atoms with Crippen LogP contribution in [0.2, 0.25) is 5.02 Å². The van der Waals surface area contributed by atoms with Gasteiger partial charge in [0.25, 0.3) is 5.91 Å². The second-order valence-electron chi connectivity index (χ2n) is 4.31. The molecule has 2 amide bonds. The zero-order valence-corrected chi connectivity index (χ0v) is 12.5. The lowest BCUT2D eigenvalue weighted by molar-refractivity contribution is -0.121. The maximum absolute atomic E-state index is 11.5. The average molecular weight is 315 g/mol. The number of nitrogens with two attached hydrogens (primary N) is 2. The Morgan fingerprint density at radius 1 is 1.33 bits per heavy atom. The van der Waals surface area contributed by atoms with Gasteiger partial charge in [-0.2, -0.15) is 0 Å². The number of halogens is 1. The van der Waals surface area contributed by atoms with Crippen molar-refractivity contribution in [1.29, 1.82) is 0 Å². The van der Waals surface area contributed by atoms with E-state index < -0.39 is 5.91 Å². The molecule has 0 bridgehead atoms. The highest BCUT2D eigenvalue weighted by Gasteiger charge is 2.13. The van der Waals surface area contributed by atoms with E-state index in [0.717, 1.165) is 0 Å². The third kappa shape index (κ3) is 5.49. The van der Waals surface area contributed by atoms with Crippen molar-refractivity contribution in [3.05, 3.63) is 22.7 Å². The molecule has 8 heteroatoms. The van der Waals surface area contributed by atoms with E-state index in [2.05, 4.69) is 10.6 Å². The highest BCUT2D eigenvalue weighted by Crippen LogP contribution is 2.28. The fraction of sp³-hybridized carbons (Fsp3) is 0.385. The van der Waals surface area contributed by atoms with Crippen LogP contribution in [-0.2, 0) is 9.53 Å². The van der Waals surface area contributed by atoms with Crippen LogP contribution in [0.1, 0.15) is 16.8 Å². The number of anilines is 2. The van der Waals surface area contributed by atoms with Crippen LogP contribution in [0.3, 0.4) is 0 Å². The number of methoxy groups -OCH3 is 1. The second-order valence-corrected chi connectivity index (χ2v) is 4.72. The van der Waals surface area contributed by atoms with Crippen LogP contribution in [0.25, 0.3) is 0 Å². The predicted molar refractivity (Wildman–Crippen MR) is 82.4 cm³/mol. The van der Waals surface area contributed by atoms with E-state index in [1.807, 2.05) is 0 Å². The van der Waals surface area contributed by atoms with Crippen molar-refractivity contribution in [3.63, 3.8) is 0 Å². The Morgan fingerprint density at radius 2 is 2.05 bits per heavy atom. The molecule has 0 aliphatic rings. The number of hydrogen-bond acceptors (Lipinski definition) is 5. The minimum absolute atomic E-state index is 0.133. The molecule has 0 saturated carbocycles. The van der Waals surface area contributed by atoms with E-state index in [1.54, 1.807) is 7.11 Å². The molecule has 0 heterocycles. The molecule has 1 aromatic carbocycles. The molecule has 0 atom stereocenters. The number of nitrogens with one attached hydrogen (secondary N) is 2. The Balaban J connectivity index is 2.59. The van der Waals surface area contributed by atoms with Gasteiger partial charge < -0.3 is 26.8 Å². The van der Waals surface area contributed by atoms with Gasteiger partial charge in [0.1, 0.15) is 0 Å². The Kier molecular flexibility index (Phi) is 6.77. The van der Waals surface area contributed by atoms with Crippen molar-refractivity contribution in [2.45, 2.75) is 6.42 Å². The first-order valence-corrected chi connectivity index (χ1v) is 6.71. The van der Waals surface area contributed by atoms with Crippen molar-refractivity contribution in [1.82, 2.24) is 5.32 Å². The van der Waals surface area contributed by atoms with Crippen LogP contribution in [0.4, 0.5) is 11.4 Å². The van der Waals surface area contributed by atoms with Crippen molar-refractivity contribution in [2.75, 3.05) is 37.9 Å². The lowest BCUT2D eigenvalue weighted by Gasteiger charge is -2.13. The van der Waals surface area contributed by atoms with E-state index in [9.17, 15) is 9.59 Å². The van der Waals surface area contributed by atoms with Crippen LogP contribution in [0.5, 0.6) is 0 Å². The van der Waals surface area contributed by atoms with Gasteiger partial charge in [-0.3, -0.25) is 9.59 Å². The molecule has 0 aliphatic carbocycles. The van der Waals surface area contributed by atoms with Crippen LogP contribution in [0.15, 0.2) is 12.1 Å². The second kappa shape index (κ2) is 8.33. The minimum atomic E-state index is -0.642. The summed E-state index contributed by atoms with van der Waals surface area (Å²) in [6, 6.07) is 2.95. The minimum Gasteiger partial charge on any atom is -0.399 e. The molecule has 1 rings (SSSR count). The Morgan fingerprint density at radius 3 is 2.67 bits per heavy atom. The fourth-order valence-electron chi connectivity index (χ4n) is 1.68. The van der Waals surface area contributed by atoms with Gasteiger partial charge >= 0.3 is 0 Å². The molecule has 116 valence electrons. The Labute approximate surface area is 128 Å². The number of amides is 2. The molecule has 0 saturated heterocycles. The maximum Gasteiger partial charge on any atom is 0.250 e. The van der Waals surface area contributed by atoms with E-state index in [-0.39, 0.29) is 22.9 Å². The Bertz CT molecular complexity index is 522. The van der Waals surface area contributed by atoms with Gasteiger partial charge in [-0.15, -0.1) is 0 Å². The number of hydrogen-bond donors (Lipinski definition) is 4. The van der Waals surface area contributed by atoms with Gasteiger partial charge in [0.15, 0.2) is 0 Å². The highest BCUT2D eigenvalue weighted by atomic mass is 35.5. The summed E-state index contributed by atoms with van der Waals surface area (Å²) in [5, 5.41) is 5.89. The summed E-state index contributed by atoms with van der Waals surface area (Å²) in [5.74, 6) is -0.775. The molecule has 7 nitrogen and oxygen atoms in total. The van der Waals surface area contributed by atoms with E-state index in [4.69, 9.17) is 27.8 Å². The van der Waals surface area contributed by atoms with Crippen molar-refractivity contribution in [2.24, 2.45) is 5.73 Å². The molecule has 0 aromatic heterocycles. The van der Waals surface area contributed by atoms with E-state index in [1.165, 1.54) is 12.1 Å². The molecule has 0 aliphatic heterocycles. The largest absolute Gasteiger partial charge is 0.399 e. The first-order valence-electron chi connectivity index (χ1n) is 6.34. The predicted octanol–water partition coefficient (Wildman–Crippen LogP) is 0.586. The van der Waals surface area contributed by atoms with Gasteiger partial charge in [0.05, 0.1) is 22.9 Å². The SMILES string of the molecule is COCCNC(=O)CCNc1c(Cl)cc(N)cc1C(N)=O. The van der Waals surface area contributed by atoms with Gasteiger partial charge in [-0.25, -0.2) is 0 Å². The molecule has 0 radical (unpaired) electrons. The summed E-state index contributed by atoms with van der Waals surface area (Å²) in [7, 11) is 1.56. The quantitative estimate of drug-likeness (QED) is 0.413. The number of rotatable bonds is 8. The molecule has 6 N–H and O–H groups in total. The number of carbonyl (C=O) groups is 2.